The summed E-state index contributed by atoms with van der Waals surface area (Å²) in [5.74, 6) is 0.651. The van der Waals surface area contributed by atoms with Gasteiger partial charge in [0.1, 0.15) is 5.75 Å². The lowest BCUT2D eigenvalue weighted by atomic mass is 10.1. The van der Waals surface area contributed by atoms with Crippen molar-refractivity contribution in [3.8, 4) is 5.75 Å². The van der Waals surface area contributed by atoms with Crippen molar-refractivity contribution in [1.82, 2.24) is 10.3 Å². The first-order valence-electron chi connectivity index (χ1n) is 9.54. The standard InChI is InChI=1S/C23H23N3O3S/c1-3-29-21-11-4-17(5-12-21)6-13-22(28)24-14-20-15-30-23(26-20)25-19-9-7-18(8-10-19)16(2)27/h4-13,15H,3,14H2,1-2H3,(H,24,28)(H,25,26)/b13-6+. The van der Waals surface area contributed by atoms with Gasteiger partial charge < -0.3 is 15.4 Å². The highest BCUT2D eigenvalue weighted by molar-refractivity contribution is 7.13. The van der Waals surface area contributed by atoms with Crippen molar-refractivity contribution in [2.75, 3.05) is 11.9 Å². The first-order chi connectivity index (χ1) is 14.5. The van der Waals surface area contributed by atoms with Gasteiger partial charge in [-0.25, -0.2) is 4.98 Å². The number of ether oxygens (including phenoxy) is 1. The Hall–Kier alpha value is -3.45. The molecule has 0 unspecified atom stereocenters. The van der Waals surface area contributed by atoms with Crippen LogP contribution in [0.2, 0.25) is 0 Å². The molecule has 154 valence electrons. The summed E-state index contributed by atoms with van der Waals surface area (Å²) in [6.07, 6.45) is 3.25. The fourth-order valence-corrected chi connectivity index (χ4v) is 3.34. The van der Waals surface area contributed by atoms with Gasteiger partial charge in [-0.2, -0.15) is 0 Å². The summed E-state index contributed by atoms with van der Waals surface area (Å²) < 4.78 is 5.40. The number of anilines is 2. The van der Waals surface area contributed by atoms with Gasteiger partial charge in [-0.3, -0.25) is 9.59 Å². The van der Waals surface area contributed by atoms with Crippen LogP contribution >= 0.6 is 11.3 Å². The first-order valence-corrected chi connectivity index (χ1v) is 10.4. The zero-order valence-corrected chi connectivity index (χ0v) is 17.7. The van der Waals surface area contributed by atoms with E-state index in [1.54, 1.807) is 18.2 Å². The summed E-state index contributed by atoms with van der Waals surface area (Å²) in [4.78, 5) is 27.9. The largest absolute Gasteiger partial charge is 0.494 e. The monoisotopic (exact) mass is 421 g/mol. The van der Waals surface area contributed by atoms with Crippen LogP contribution in [0.15, 0.2) is 60.0 Å². The molecule has 2 N–H and O–H groups in total. The van der Waals surface area contributed by atoms with E-state index < -0.39 is 0 Å². The number of Topliss-reactive ketones (excluding diaryl/α,β-unsaturated/α-hetero) is 1. The molecule has 0 aliphatic rings. The van der Waals surface area contributed by atoms with Gasteiger partial charge in [-0.1, -0.05) is 12.1 Å². The van der Waals surface area contributed by atoms with Crippen molar-refractivity contribution in [3.05, 3.63) is 76.8 Å². The molecular weight excluding hydrogens is 398 g/mol. The lowest BCUT2D eigenvalue weighted by molar-refractivity contribution is -0.116. The Morgan fingerprint density at radius 2 is 1.83 bits per heavy atom. The summed E-state index contributed by atoms with van der Waals surface area (Å²) in [6, 6.07) is 14.8. The summed E-state index contributed by atoms with van der Waals surface area (Å²) in [5, 5.41) is 8.64. The Morgan fingerprint density at radius 1 is 1.10 bits per heavy atom. The van der Waals surface area contributed by atoms with E-state index in [4.69, 9.17) is 4.74 Å². The van der Waals surface area contributed by atoms with E-state index in [1.165, 1.54) is 24.3 Å². The molecule has 1 amide bonds. The van der Waals surface area contributed by atoms with Crippen LogP contribution in [-0.2, 0) is 11.3 Å². The third-order valence-corrected chi connectivity index (χ3v) is 4.96. The van der Waals surface area contributed by atoms with E-state index in [-0.39, 0.29) is 11.7 Å². The smallest absolute Gasteiger partial charge is 0.244 e. The molecule has 1 aromatic heterocycles. The van der Waals surface area contributed by atoms with E-state index in [0.29, 0.717) is 18.7 Å². The third kappa shape index (κ3) is 6.28. The molecule has 0 saturated heterocycles. The molecule has 0 saturated carbocycles. The topological polar surface area (TPSA) is 80.3 Å². The van der Waals surface area contributed by atoms with Crippen molar-refractivity contribution in [3.63, 3.8) is 0 Å². The van der Waals surface area contributed by atoms with Gasteiger partial charge in [-0.05, 0) is 61.9 Å². The lowest BCUT2D eigenvalue weighted by Crippen LogP contribution is -2.20. The maximum Gasteiger partial charge on any atom is 0.244 e. The van der Waals surface area contributed by atoms with Gasteiger partial charge in [0.15, 0.2) is 10.9 Å². The quantitative estimate of drug-likeness (QED) is 0.383. The Morgan fingerprint density at radius 3 is 2.50 bits per heavy atom. The average molecular weight is 422 g/mol. The molecule has 7 heteroatoms. The minimum atomic E-state index is -0.189. The second-order valence-corrected chi connectivity index (χ2v) is 7.31. The van der Waals surface area contributed by atoms with E-state index in [1.807, 2.05) is 48.7 Å². The molecule has 2 aromatic carbocycles. The van der Waals surface area contributed by atoms with Crippen LogP contribution in [0.4, 0.5) is 10.8 Å². The highest BCUT2D eigenvalue weighted by Gasteiger charge is 2.05. The fraction of sp³-hybridized carbons (Fsp3) is 0.174. The summed E-state index contributed by atoms with van der Waals surface area (Å²) in [7, 11) is 0. The number of benzene rings is 2. The molecule has 0 radical (unpaired) electrons. The van der Waals surface area contributed by atoms with Crippen molar-refractivity contribution >= 4 is 39.9 Å². The van der Waals surface area contributed by atoms with Gasteiger partial charge in [-0.15, -0.1) is 11.3 Å². The minimum absolute atomic E-state index is 0.0328. The van der Waals surface area contributed by atoms with Crippen molar-refractivity contribution in [2.45, 2.75) is 20.4 Å². The average Bonchev–Trinajstić information content (AvgIpc) is 3.19. The maximum atomic E-state index is 12.1. The van der Waals surface area contributed by atoms with Crippen LogP contribution in [0.1, 0.15) is 35.5 Å². The van der Waals surface area contributed by atoms with Gasteiger partial charge >= 0.3 is 0 Å². The molecule has 3 rings (SSSR count). The van der Waals surface area contributed by atoms with Crippen molar-refractivity contribution in [1.29, 1.82) is 0 Å². The second kappa shape index (κ2) is 10.4. The molecule has 0 fully saturated rings. The van der Waals surface area contributed by atoms with Gasteiger partial charge in [0.25, 0.3) is 0 Å². The number of nitrogens with one attached hydrogen (secondary N) is 2. The van der Waals surface area contributed by atoms with Crippen LogP contribution in [0.5, 0.6) is 5.75 Å². The SMILES string of the molecule is CCOc1ccc(/C=C/C(=O)NCc2csc(Nc3ccc(C(C)=O)cc3)n2)cc1. The van der Waals surface area contributed by atoms with Gasteiger partial charge in [0.05, 0.1) is 18.8 Å². The Kier molecular flexibility index (Phi) is 7.34. The minimum Gasteiger partial charge on any atom is -0.494 e. The molecule has 1 heterocycles. The number of amides is 1. The number of ketones is 1. The third-order valence-electron chi connectivity index (χ3n) is 4.16. The maximum absolute atomic E-state index is 12.1. The number of aromatic nitrogens is 1. The van der Waals surface area contributed by atoms with E-state index >= 15 is 0 Å². The number of carbonyl (C=O) groups excluding carboxylic acids is 2. The molecule has 3 aromatic rings. The van der Waals surface area contributed by atoms with Crippen LogP contribution in [0.3, 0.4) is 0 Å². The number of thiazole rings is 1. The molecule has 0 aliphatic carbocycles. The number of hydrogen-bond donors (Lipinski definition) is 2. The van der Waals surface area contributed by atoms with Crippen LogP contribution < -0.4 is 15.4 Å². The summed E-state index contributed by atoms with van der Waals surface area (Å²) in [6.45, 7) is 4.44. The number of hydrogen-bond acceptors (Lipinski definition) is 6. The molecule has 0 atom stereocenters. The zero-order valence-electron chi connectivity index (χ0n) is 16.8. The Labute approximate surface area is 179 Å². The van der Waals surface area contributed by atoms with E-state index in [2.05, 4.69) is 15.6 Å². The van der Waals surface area contributed by atoms with Crippen molar-refractivity contribution in [2.24, 2.45) is 0 Å². The predicted molar refractivity (Wildman–Crippen MR) is 120 cm³/mol. The molecule has 0 aliphatic heterocycles. The molecule has 0 spiro atoms. The molecule has 0 bridgehead atoms. The summed E-state index contributed by atoms with van der Waals surface area (Å²) in [5.41, 5.74) is 3.21. The highest BCUT2D eigenvalue weighted by atomic mass is 32.1. The molecule has 6 nitrogen and oxygen atoms in total. The normalized spacial score (nSPS) is 10.7. The summed E-state index contributed by atoms with van der Waals surface area (Å²) >= 11 is 1.45. The highest BCUT2D eigenvalue weighted by Crippen LogP contribution is 2.21. The van der Waals surface area contributed by atoms with Gasteiger partial charge in [0, 0.05) is 22.7 Å². The lowest BCUT2D eigenvalue weighted by Gasteiger charge is -2.03. The molecular formula is C23H23N3O3S. The predicted octanol–water partition coefficient (Wildman–Crippen LogP) is 4.82. The number of nitrogens with zero attached hydrogens (tertiary/aromatic N) is 1. The van der Waals surface area contributed by atoms with Crippen LogP contribution in [0, 0.1) is 0 Å². The zero-order chi connectivity index (χ0) is 21.3. The van der Waals surface area contributed by atoms with Crippen LogP contribution in [-0.4, -0.2) is 23.3 Å². The van der Waals surface area contributed by atoms with Crippen LogP contribution in [0.25, 0.3) is 6.08 Å². The Bertz CT molecular complexity index is 1020. The Balaban J connectivity index is 1.48. The van der Waals surface area contributed by atoms with E-state index in [0.717, 1.165) is 27.8 Å². The first kappa shape index (κ1) is 21.3. The van der Waals surface area contributed by atoms with E-state index in [9.17, 15) is 9.59 Å². The number of rotatable bonds is 9. The van der Waals surface area contributed by atoms with Crippen molar-refractivity contribution < 1.29 is 14.3 Å². The van der Waals surface area contributed by atoms with Gasteiger partial charge in [0.2, 0.25) is 5.91 Å². The second-order valence-electron chi connectivity index (χ2n) is 6.46. The molecule has 30 heavy (non-hydrogen) atoms. The fourth-order valence-electron chi connectivity index (χ4n) is 2.61. The number of carbonyl (C=O) groups is 2.